The molecule has 0 atom stereocenters. The molecule has 0 aliphatic heterocycles. The molecule has 36 heavy (non-hydrogen) atoms. The lowest BCUT2D eigenvalue weighted by Crippen LogP contribution is -2.31. The number of carbonyl (C=O) groups excluding carboxylic acids is 2. The van der Waals surface area contributed by atoms with Crippen LogP contribution in [0.1, 0.15) is 29.8 Å². The van der Waals surface area contributed by atoms with Crippen molar-refractivity contribution in [2.24, 2.45) is 4.99 Å². The van der Waals surface area contributed by atoms with Gasteiger partial charge in [0.2, 0.25) is 10.0 Å². The maximum atomic E-state index is 13.0. The van der Waals surface area contributed by atoms with Gasteiger partial charge in [0.05, 0.1) is 21.7 Å². The largest absolute Gasteiger partial charge is 0.465 e. The molecule has 0 fully saturated rings. The normalized spacial score (nSPS) is 12.1. The number of esters is 1. The number of hydrogen-bond donors (Lipinski definition) is 0. The van der Waals surface area contributed by atoms with Crippen molar-refractivity contribution in [2.75, 3.05) is 19.7 Å². The number of aryl methyl sites for hydroxylation is 1. The molecule has 0 aliphatic rings. The number of carbonyl (C=O) groups is 2. The number of thiazole rings is 1. The minimum Gasteiger partial charge on any atom is -0.465 e. The summed E-state index contributed by atoms with van der Waals surface area (Å²) in [5, 5.41) is 0. The van der Waals surface area contributed by atoms with E-state index in [4.69, 9.17) is 4.74 Å². The minimum atomic E-state index is -3.78. The van der Waals surface area contributed by atoms with Crippen LogP contribution in [0.2, 0.25) is 0 Å². The molecule has 1 heterocycles. The Morgan fingerprint density at radius 3 is 2.33 bits per heavy atom. The van der Waals surface area contributed by atoms with E-state index in [1.165, 1.54) is 52.1 Å². The third kappa shape index (κ3) is 6.07. The van der Waals surface area contributed by atoms with Gasteiger partial charge in [0.1, 0.15) is 6.54 Å². The highest BCUT2D eigenvalue weighted by Crippen LogP contribution is 2.21. The molecule has 8 nitrogen and oxygen atoms in total. The Kier molecular flexibility index (Phi) is 9.14. The van der Waals surface area contributed by atoms with Crippen LogP contribution in [-0.2, 0) is 32.5 Å². The standard InChI is InChI=1S/C26H29N3O5S2/c1-5-15-28(16-6-2)36(32,33)21-12-10-20(11-13-21)25(31)27-26-29(18-24(30)34-8-4)22-14-9-19(7-3)17-23(22)35-26/h5-6,9-14,17H,1-2,7-8,15-16,18H2,3-4H3. The van der Waals surface area contributed by atoms with Crippen molar-refractivity contribution in [1.29, 1.82) is 0 Å². The lowest BCUT2D eigenvalue weighted by molar-refractivity contribution is -0.143. The molecule has 0 saturated carbocycles. The Bertz CT molecular complexity index is 1440. The predicted octanol–water partition coefficient (Wildman–Crippen LogP) is 3.93. The number of fused-ring (bicyclic) bond motifs is 1. The quantitative estimate of drug-likeness (QED) is 0.278. The van der Waals surface area contributed by atoms with Crippen molar-refractivity contribution in [3.63, 3.8) is 0 Å². The van der Waals surface area contributed by atoms with Gasteiger partial charge in [0.25, 0.3) is 5.91 Å². The van der Waals surface area contributed by atoms with Gasteiger partial charge in [-0.1, -0.05) is 36.5 Å². The molecular weight excluding hydrogens is 498 g/mol. The highest BCUT2D eigenvalue weighted by Gasteiger charge is 2.22. The third-order valence-electron chi connectivity index (χ3n) is 5.35. The van der Waals surface area contributed by atoms with E-state index >= 15 is 0 Å². The summed E-state index contributed by atoms with van der Waals surface area (Å²) in [6.07, 6.45) is 3.85. The van der Waals surface area contributed by atoms with Crippen LogP contribution in [0.5, 0.6) is 0 Å². The number of hydrogen-bond acceptors (Lipinski definition) is 6. The van der Waals surface area contributed by atoms with E-state index in [-0.39, 0.29) is 36.7 Å². The van der Waals surface area contributed by atoms with Gasteiger partial charge in [-0.15, -0.1) is 13.2 Å². The molecule has 1 amide bonds. The number of benzene rings is 2. The van der Waals surface area contributed by atoms with Crippen LogP contribution in [0.25, 0.3) is 10.2 Å². The van der Waals surface area contributed by atoms with Gasteiger partial charge in [-0.3, -0.25) is 9.59 Å². The van der Waals surface area contributed by atoms with Gasteiger partial charge >= 0.3 is 5.97 Å². The van der Waals surface area contributed by atoms with Crippen molar-refractivity contribution in [3.05, 3.63) is 83.7 Å². The first-order chi connectivity index (χ1) is 17.2. The van der Waals surface area contributed by atoms with E-state index in [1.807, 2.05) is 25.1 Å². The smallest absolute Gasteiger partial charge is 0.326 e. The second kappa shape index (κ2) is 12.1. The first-order valence-electron chi connectivity index (χ1n) is 11.4. The number of rotatable bonds is 11. The van der Waals surface area contributed by atoms with Gasteiger partial charge in [-0.2, -0.15) is 9.30 Å². The topological polar surface area (TPSA) is 98.0 Å². The lowest BCUT2D eigenvalue weighted by atomic mass is 10.2. The molecule has 190 valence electrons. The second-order valence-electron chi connectivity index (χ2n) is 7.77. The van der Waals surface area contributed by atoms with Crippen LogP contribution in [0.3, 0.4) is 0 Å². The first-order valence-corrected chi connectivity index (χ1v) is 13.7. The Morgan fingerprint density at radius 2 is 1.75 bits per heavy atom. The van der Waals surface area contributed by atoms with Gasteiger partial charge in [-0.25, -0.2) is 8.42 Å². The van der Waals surface area contributed by atoms with Crippen LogP contribution in [0, 0.1) is 0 Å². The highest BCUT2D eigenvalue weighted by molar-refractivity contribution is 7.89. The molecule has 0 bridgehead atoms. The summed E-state index contributed by atoms with van der Waals surface area (Å²) in [5.41, 5.74) is 2.13. The van der Waals surface area contributed by atoms with Gasteiger partial charge < -0.3 is 9.30 Å². The van der Waals surface area contributed by atoms with Crippen LogP contribution in [-0.4, -0.2) is 48.9 Å². The van der Waals surface area contributed by atoms with Crippen LogP contribution < -0.4 is 4.80 Å². The number of amides is 1. The zero-order valence-corrected chi connectivity index (χ0v) is 22.0. The predicted molar refractivity (Wildman–Crippen MR) is 141 cm³/mol. The summed E-state index contributed by atoms with van der Waals surface area (Å²) >= 11 is 1.31. The Hall–Kier alpha value is -3.34. The molecular formula is C26H29N3O5S2. The van der Waals surface area contributed by atoms with Gasteiger partial charge in [-0.05, 0) is 55.3 Å². The zero-order valence-electron chi connectivity index (χ0n) is 20.3. The third-order valence-corrected chi connectivity index (χ3v) is 8.24. The molecule has 3 rings (SSSR count). The molecule has 0 saturated heterocycles. The zero-order chi connectivity index (χ0) is 26.3. The molecule has 0 spiro atoms. The van der Waals surface area contributed by atoms with E-state index in [2.05, 4.69) is 18.2 Å². The minimum absolute atomic E-state index is 0.0501. The molecule has 3 aromatic rings. The molecule has 10 heteroatoms. The number of ether oxygens (including phenoxy) is 1. The van der Waals surface area contributed by atoms with Crippen molar-refractivity contribution in [2.45, 2.75) is 31.7 Å². The highest BCUT2D eigenvalue weighted by atomic mass is 32.2. The fourth-order valence-corrected chi connectivity index (χ4v) is 6.01. The van der Waals surface area contributed by atoms with Crippen molar-refractivity contribution in [3.8, 4) is 0 Å². The van der Waals surface area contributed by atoms with Crippen molar-refractivity contribution < 1.29 is 22.7 Å². The molecule has 1 aromatic heterocycles. The van der Waals surface area contributed by atoms with E-state index in [9.17, 15) is 18.0 Å². The average molecular weight is 528 g/mol. The van der Waals surface area contributed by atoms with Crippen molar-refractivity contribution >= 4 is 43.5 Å². The number of sulfonamides is 1. The summed E-state index contributed by atoms with van der Waals surface area (Å²) in [6.45, 7) is 11.4. The molecule has 0 radical (unpaired) electrons. The summed E-state index contributed by atoms with van der Waals surface area (Å²) in [5.74, 6) is -0.975. The first kappa shape index (κ1) is 27.3. The summed E-state index contributed by atoms with van der Waals surface area (Å²) in [4.78, 5) is 29.9. The Morgan fingerprint density at radius 1 is 1.08 bits per heavy atom. The van der Waals surface area contributed by atoms with E-state index in [1.54, 1.807) is 11.5 Å². The fourth-order valence-electron chi connectivity index (χ4n) is 3.54. The van der Waals surface area contributed by atoms with Gasteiger partial charge in [0, 0.05) is 18.7 Å². The fraction of sp³-hybridized carbons (Fsp3) is 0.269. The van der Waals surface area contributed by atoms with E-state index in [0.717, 1.165) is 22.2 Å². The van der Waals surface area contributed by atoms with Gasteiger partial charge in [0.15, 0.2) is 4.80 Å². The average Bonchev–Trinajstić information content (AvgIpc) is 3.19. The summed E-state index contributed by atoms with van der Waals surface area (Å²) in [6, 6.07) is 11.5. The van der Waals surface area contributed by atoms with Crippen LogP contribution in [0.4, 0.5) is 0 Å². The SMILES string of the molecule is C=CCN(CC=C)S(=O)(=O)c1ccc(C(=O)N=c2sc3cc(CC)ccc3n2CC(=O)OCC)cc1. The molecule has 2 aromatic carbocycles. The van der Waals surface area contributed by atoms with E-state index in [0.29, 0.717) is 4.80 Å². The monoisotopic (exact) mass is 527 g/mol. The summed E-state index contributed by atoms with van der Waals surface area (Å²) < 4.78 is 34.7. The number of nitrogens with zero attached hydrogens (tertiary/aromatic N) is 3. The van der Waals surface area contributed by atoms with Crippen LogP contribution in [0.15, 0.2) is 77.7 Å². The maximum absolute atomic E-state index is 13.0. The molecule has 0 aliphatic carbocycles. The lowest BCUT2D eigenvalue weighted by Gasteiger charge is -2.19. The number of aromatic nitrogens is 1. The second-order valence-corrected chi connectivity index (χ2v) is 10.7. The molecule has 0 N–H and O–H groups in total. The van der Waals surface area contributed by atoms with Crippen LogP contribution >= 0.6 is 11.3 Å². The maximum Gasteiger partial charge on any atom is 0.326 e. The van der Waals surface area contributed by atoms with E-state index < -0.39 is 21.9 Å². The summed E-state index contributed by atoms with van der Waals surface area (Å²) in [7, 11) is -3.78. The Labute approximate surface area is 214 Å². The molecule has 0 unspecified atom stereocenters. The van der Waals surface area contributed by atoms with Crippen molar-refractivity contribution in [1.82, 2.24) is 8.87 Å². The Balaban J connectivity index is 1.99.